The van der Waals surface area contributed by atoms with Gasteiger partial charge < -0.3 is 43.4 Å². The van der Waals surface area contributed by atoms with Gasteiger partial charge in [-0.25, -0.2) is 14.4 Å². The molecule has 0 aromatic heterocycles. The smallest absolute Gasteiger partial charge is 0.410 e. The van der Waals surface area contributed by atoms with Gasteiger partial charge >= 0.3 is 18.0 Å². The van der Waals surface area contributed by atoms with Crippen LogP contribution in [0.5, 0.6) is 23.0 Å². The van der Waals surface area contributed by atoms with Crippen LogP contribution in [0.25, 0.3) is 0 Å². The third-order valence-corrected chi connectivity index (χ3v) is 9.08. The van der Waals surface area contributed by atoms with Crippen LogP contribution in [0.1, 0.15) is 62.3 Å². The maximum atomic E-state index is 12.5. The van der Waals surface area contributed by atoms with Gasteiger partial charge in [-0.15, -0.1) is 0 Å². The van der Waals surface area contributed by atoms with Gasteiger partial charge in [-0.1, -0.05) is 0 Å². The quantitative estimate of drug-likeness (QED) is 0.273. The zero-order valence-corrected chi connectivity index (χ0v) is 33.0. The van der Waals surface area contributed by atoms with Crippen LogP contribution < -0.4 is 34.1 Å². The molecule has 16 nitrogen and oxygen atoms in total. The number of nitrogens with zero attached hydrogens (tertiary/aromatic N) is 3. The van der Waals surface area contributed by atoms with Crippen molar-refractivity contribution in [3.8, 4) is 23.0 Å². The predicted octanol–water partition coefficient (Wildman–Crippen LogP) is 3.86. The molecule has 6 rings (SSSR count). The summed E-state index contributed by atoms with van der Waals surface area (Å²) >= 11 is 0. The Kier molecular flexibility index (Phi) is 12.1. The molecular weight excluding hydrogens is 716 g/mol. The van der Waals surface area contributed by atoms with Crippen LogP contribution >= 0.6 is 0 Å². The maximum absolute atomic E-state index is 12.5. The number of rotatable bonds is 10. The van der Waals surface area contributed by atoms with E-state index < -0.39 is 35.2 Å². The highest BCUT2D eigenvalue weighted by molar-refractivity contribution is 6.03. The van der Waals surface area contributed by atoms with Crippen molar-refractivity contribution in [3.63, 3.8) is 0 Å². The number of amides is 3. The number of hydrogen-bond acceptors (Lipinski definition) is 13. The van der Waals surface area contributed by atoms with Crippen LogP contribution in [0.4, 0.5) is 16.2 Å². The molecule has 0 radical (unpaired) electrons. The van der Waals surface area contributed by atoms with E-state index in [2.05, 4.69) is 5.32 Å². The molecule has 55 heavy (non-hydrogen) atoms. The van der Waals surface area contributed by atoms with Crippen LogP contribution in [-0.2, 0) is 33.4 Å². The molecular formula is C39H52N4O12. The molecule has 2 aromatic rings. The van der Waals surface area contributed by atoms with E-state index in [1.165, 1.54) is 9.80 Å². The van der Waals surface area contributed by atoms with E-state index in [-0.39, 0.29) is 49.9 Å². The van der Waals surface area contributed by atoms with E-state index >= 15 is 0 Å². The molecule has 2 atom stereocenters. The van der Waals surface area contributed by atoms with Gasteiger partial charge in [0.1, 0.15) is 51.9 Å². The van der Waals surface area contributed by atoms with Crippen molar-refractivity contribution < 1.29 is 57.1 Å². The lowest BCUT2D eigenvalue weighted by Gasteiger charge is -2.47. The zero-order chi connectivity index (χ0) is 40.3. The molecule has 4 aliphatic rings. The molecule has 0 saturated carbocycles. The highest BCUT2D eigenvalue weighted by Crippen LogP contribution is 2.40. The second-order valence-electron chi connectivity index (χ2n) is 15.3. The summed E-state index contributed by atoms with van der Waals surface area (Å²) in [6.07, 6.45) is -0.382. The van der Waals surface area contributed by atoms with Gasteiger partial charge in [-0.3, -0.25) is 19.4 Å². The van der Waals surface area contributed by atoms with Crippen LogP contribution in [0.3, 0.4) is 0 Å². The lowest BCUT2D eigenvalue weighted by atomic mass is 9.97. The molecule has 2 saturated heterocycles. The Labute approximate surface area is 321 Å². The van der Waals surface area contributed by atoms with E-state index in [1.807, 2.05) is 40.7 Å². The first-order valence-electron chi connectivity index (χ1n) is 18.4. The van der Waals surface area contributed by atoms with Crippen molar-refractivity contribution in [2.75, 3.05) is 62.4 Å². The third kappa shape index (κ3) is 9.53. The second-order valence-corrected chi connectivity index (χ2v) is 15.3. The third-order valence-electron chi connectivity index (χ3n) is 9.08. The number of benzene rings is 2. The first-order chi connectivity index (χ1) is 25.9. The number of fused-ring (bicyclic) bond motifs is 2. The molecule has 0 spiro atoms. The standard InChI is InChI=1S/C22H30N2O7.C17H22N2O5/c1-7-28-19(26)14(2)24-16-10-15(8-9-17(16)29-11-18(24)25)30-22(6)12-23(13-22)20(27)31-21(3,4)5;1-4-22-16(21)11(2)19-13-7-12(24-17(3)9-18-10-17)5-6-14(13)23-8-15(19)20/h8-10,14H,7,11-13H2,1-6H3;5-7,11,18H,4,8-10H2,1-3H3. The molecule has 2 unspecified atom stereocenters. The average molecular weight is 769 g/mol. The van der Waals surface area contributed by atoms with Crippen molar-refractivity contribution in [1.82, 2.24) is 10.2 Å². The van der Waals surface area contributed by atoms with Crippen molar-refractivity contribution >= 4 is 41.2 Å². The van der Waals surface area contributed by atoms with Crippen LogP contribution in [-0.4, -0.2) is 116 Å². The van der Waals surface area contributed by atoms with Gasteiger partial charge in [0, 0.05) is 25.2 Å². The Bertz CT molecular complexity index is 1780. The number of ether oxygens (including phenoxy) is 7. The Morgan fingerprint density at radius 2 is 1.20 bits per heavy atom. The van der Waals surface area contributed by atoms with Crippen LogP contribution in [0.15, 0.2) is 36.4 Å². The number of carbonyl (C=O) groups is 5. The SMILES string of the molecule is CCOC(=O)C(C)N1C(=O)COc2ccc(OC3(C)CN(C(=O)OC(C)(C)C)C3)cc21.CCOC(=O)C(C)N1C(=O)COc2ccc(OC3(C)CNC3)cc21. The minimum atomic E-state index is -0.799. The Morgan fingerprint density at radius 3 is 1.58 bits per heavy atom. The number of anilines is 2. The average Bonchev–Trinajstić information content (AvgIpc) is 3.09. The van der Waals surface area contributed by atoms with Crippen molar-refractivity contribution in [2.24, 2.45) is 0 Å². The summed E-state index contributed by atoms with van der Waals surface area (Å²) in [6, 6.07) is 8.90. The molecule has 0 aliphatic carbocycles. The summed E-state index contributed by atoms with van der Waals surface area (Å²) in [5, 5.41) is 3.17. The highest BCUT2D eigenvalue weighted by Gasteiger charge is 2.45. The topological polar surface area (TPSA) is 172 Å². The highest BCUT2D eigenvalue weighted by atomic mass is 16.6. The fourth-order valence-electron chi connectivity index (χ4n) is 6.41. The van der Waals surface area contributed by atoms with Gasteiger partial charge in [-0.05, 0) is 86.6 Å². The molecule has 4 heterocycles. The summed E-state index contributed by atoms with van der Waals surface area (Å²) in [4.78, 5) is 65.7. The Balaban J connectivity index is 0.000000218. The zero-order valence-electron chi connectivity index (χ0n) is 33.0. The molecule has 1 N–H and O–H groups in total. The predicted molar refractivity (Wildman–Crippen MR) is 200 cm³/mol. The van der Waals surface area contributed by atoms with Crippen molar-refractivity contribution in [3.05, 3.63) is 36.4 Å². The lowest BCUT2D eigenvalue weighted by molar-refractivity contribution is -0.146. The lowest BCUT2D eigenvalue weighted by Crippen LogP contribution is -2.65. The summed E-state index contributed by atoms with van der Waals surface area (Å²) < 4.78 is 38.6. The normalized spacial score (nSPS) is 18.9. The number of hydrogen-bond donors (Lipinski definition) is 1. The fraction of sp³-hybridized carbons (Fsp3) is 0.564. The number of nitrogens with one attached hydrogen (secondary N) is 1. The number of carbonyl (C=O) groups excluding carboxylic acids is 5. The minimum absolute atomic E-state index is 0.0986. The molecule has 300 valence electrons. The summed E-state index contributed by atoms with van der Waals surface area (Å²) in [7, 11) is 0. The van der Waals surface area contributed by atoms with Crippen LogP contribution in [0.2, 0.25) is 0 Å². The fourth-order valence-corrected chi connectivity index (χ4v) is 6.41. The minimum Gasteiger partial charge on any atom is -0.485 e. The van der Waals surface area contributed by atoms with Gasteiger partial charge in [0.15, 0.2) is 13.2 Å². The first-order valence-corrected chi connectivity index (χ1v) is 18.4. The first kappa shape index (κ1) is 40.9. The molecule has 0 bridgehead atoms. The van der Waals surface area contributed by atoms with Gasteiger partial charge in [-0.2, -0.15) is 0 Å². The monoisotopic (exact) mass is 768 g/mol. The van der Waals surface area contributed by atoms with E-state index in [1.54, 1.807) is 62.9 Å². The van der Waals surface area contributed by atoms with Gasteiger partial charge in [0.05, 0.1) is 37.7 Å². The van der Waals surface area contributed by atoms with Gasteiger partial charge in [0.25, 0.3) is 11.8 Å². The number of likely N-dealkylation sites (tertiary alicyclic amines) is 1. The molecule has 16 heteroatoms. The van der Waals surface area contributed by atoms with Crippen molar-refractivity contribution in [1.29, 1.82) is 0 Å². The summed E-state index contributed by atoms with van der Waals surface area (Å²) in [6.45, 7) is 18.6. The van der Waals surface area contributed by atoms with E-state index in [0.717, 1.165) is 13.1 Å². The van der Waals surface area contributed by atoms with E-state index in [9.17, 15) is 24.0 Å². The maximum Gasteiger partial charge on any atom is 0.410 e. The Morgan fingerprint density at radius 1 is 0.764 bits per heavy atom. The van der Waals surface area contributed by atoms with Gasteiger partial charge in [0.2, 0.25) is 0 Å². The molecule has 4 aliphatic heterocycles. The van der Waals surface area contributed by atoms with Crippen LogP contribution in [0, 0.1) is 0 Å². The number of esters is 2. The molecule has 2 aromatic carbocycles. The van der Waals surface area contributed by atoms with E-state index in [0.29, 0.717) is 47.5 Å². The largest absolute Gasteiger partial charge is 0.485 e. The second kappa shape index (κ2) is 16.2. The molecule has 2 fully saturated rings. The molecule has 3 amide bonds. The van der Waals surface area contributed by atoms with E-state index in [4.69, 9.17) is 33.2 Å². The summed E-state index contributed by atoms with van der Waals surface area (Å²) in [5.41, 5.74) is -0.441. The Hall–Kier alpha value is -5.25. The summed E-state index contributed by atoms with van der Waals surface area (Å²) in [5.74, 6) is 0.621. The van der Waals surface area contributed by atoms with Crippen molar-refractivity contribution in [2.45, 2.75) is 91.2 Å².